The quantitative estimate of drug-likeness (QED) is 0.531. The summed E-state index contributed by atoms with van der Waals surface area (Å²) < 4.78 is 0. The van der Waals surface area contributed by atoms with Crippen LogP contribution in [0.25, 0.3) is 0 Å². The lowest BCUT2D eigenvalue weighted by molar-refractivity contribution is 0.208. The average molecular weight is 206 g/mol. The van der Waals surface area contributed by atoms with E-state index in [1.165, 1.54) is 19.3 Å². The summed E-state index contributed by atoms with van der Waals surface area (Å²) in [6, 6.07) is 0. The first-order valence-electron chi connectivity index (χ1n) is 6.43. The first-order chi connectivity index (χ1) is 7.09. The van der Waals surface area contributed by atoms with E-state index in [-0.39, 0.29) is 5.41 Å². The molecule has 0 aromatic carbocycles. The predicted molar refractivity (Wildman–Crippen MR) is 68.9 cm³/mol. The van der Waals surface area contributed by atoms with Crippen LogP contribution in [-0.2, 0) is 0 Å². The van der Waals surface area contributed by atoms with Crippen LogP contribution in [-0.4, -0.2) is 0 Å². The van der Waals surface area contributed by atoms with Crippen molar-refractivity contribution in [3.63, 3.8) is 0 Å². The van der Waals surface area contributed by atoms with Gasteiger partial charge in [0.05, 0.1) is 0 Å². The van der Waals surface area contributed by atoms with Gasteiger partial charge in [-0.15, -0.1) is 6.58 Å². The van der Waals surface area contributed by atoms with E-state index in [1.807, 2.05) is 13.8 Å². The molecule has 0 N–H and O–H groups in total. The first kappa shape index (κ1) is 12.5. The molecule has 2 rings (SSSR count). The van der Waals surface area contributed by atoms with Gasteiger partial charge in [0, 0.05) is 5.41 Å². The number of fused-ring (bicyclic) bond motifs is 1. The molecule has 1 fully saturated rings. The second-order valence-electron chi connectivity index (χ2n) is 5.01. The largest absolute Gasteiger partial charge is 0.102 e. The molecule has 0 spiro atoms. The molecule has 1 saturated carbocycles. The number of allylic oxidation sites excluding steroid dienone is 3. The Hall–Kier alpha value is -0.520. The molecular formula is C15H26. The highest BCUT2D eigenvalue weighted by Gasteiger charge is 2.42. The van der Waals surface area contributed by atoms with Gasteiger partial charge in [-0.05, 0) is 38.0 Å². The molecule has 0 nitrogen and oxygen atoms in total. The lowest BCUT2D eigenvalue weighted by Gasteiger charge is -2.48. The lowest BCUT2D eigenvalue weighted by Crippen LogP contribution is -2.36. The minimum atomic E-state index is 0.284. The number of hydrogen-bond acceptors (Lipinski definition) is 0. The van der Waals surface area contributed by atoms with Crippen LogP contribution in [0.4, 0.5) is 0 Å². The van der Waals surface area contributed by atoms with E-state index in [2.05, 4.69) is 33.4 Å². The minimum Gasteiger partial charge on any atom is -0.102 e. The molecule has 0 aliphatic heterocycles. The van der Waals surface area contributed by atoms with Crippen LogP contribution in [0.5, 0.6) is 0 Å². The summed E-state index contributed by atoms with van der Waals surface area (Å²) in [6.45, 7) is 15.0. The molecule has 0 amide bonds. The molecular weight excluding hydrogens is 180 g/mol. The predicted octanol–water partition coefficient (Wildman–Crippen LogP) is 4.97. The van der Waals surface area contributed by atoms with E-state index >= 15 is 0 Å². The van der Waals surface area contributed by atoms with Crippen LogP contribution >= 0.6 is 0 Å². The number of rotatable bonds is 1. The summed E-state index contributed by atoms with van der Waals surface area (Å²) in [7, 11) is 0. The third-order valence-corrected chi connectivity index (χ3v) is 4.63. The topological polar surface area (TPSA) is 0 Å². The summed E-state index contributed by atoms with van der Waals surface area (Å²) >= 11 is 0. The van der Waals surface area contributed by atoms with Crippen molar-refractivity contribution in [3.05, 3.63) is 23.8 Å². The van der Waals surface area contributed by atoms with E-state index in [9.17, 15) is 0 Å². The lowest BCUT2D eigenvalue weighted by atomic mass is 9.57. The molecule has 0 bridgehead atoms. The Morgan fingerprint density at radius 2 is 2.00 bits per heavy atom. The highest BCUT2D eigenvalue weighted by atomic mass is 14.5. The zero-order chi connectivity index (χ0) is 11.6. The van der Waals surface area contributed by atoms with Crippen molar-refractivity contribution >= 4 is 0 Å². The number of hydrogen-bond donors (Lipinski definition) is 0. The van der Waals surface area contributed by atoms with E-state index in [1.54, 1.807) is 11.1 Å². The Kier molecular flexibility index (Phi) is 3.81. The third-order valence-electron chi connectivity index (χ3n) is 4.63. The van der Waals surface area contributed by atoms with E-state index in [0.29, 0.717) is 0 Å². The van der Waals surface area contributed by atoms with Crippen LogP contribution in [0, 0.1) is 17.3 Å². The van der Waals surface area contributed by atoms with Gasteiger partial charge in [0.15, 0.2) is 0 Å². The fourth-order valence-electron chi connectivity index (χ4n) is 2.99. The van der Waals surface area contributed by atoms with Crippen molar-refractivity contribution in [2.45, 2.75) is 53.9 Å². The molecule has 2 aliphatic rings. The normalized spacial score (nSPS) is 38.5. The highest BCUT2D eigenvalue weighted by Crippen LogP contribution is 2.54. The smallest absolute Gasteiger partial charge is 0.00856 e. The van der Waals surface area contributed by atoms with Gasteiger partial charge >= 0.3 is 0 Å². The van der Waals surface area contributed by atoms with Gasteiger partial charge in [-0.2, -0.15) is 0 Å². The van der Waals surface area contributed by atoms with Crippen molar-refractivity contribution < 1.29 is 0 Å². The van der Waals surface area contributed by atoms with E-state index < -0.39 is 0 Å². The first-order valence-corrected chi connectivity index (χ1v) is 6.43. The molecule has 0 heterocycles. The molecule has 0 saturated heterocycles. The minimum absolute atomic E-state index is 0.284. The van der Waals surface area contributed by atoms with Gasteiger partial charge in [0.1, 0.15) is 0 Å². The Morgan fingerprint density at radius 3 is 2.40 bits per heavy atom. The Morgan fingerprint density at radius 1 is 1.40 bits per heavy atom. The van der Waals surface area contributed by atoms with E-state index in [4.69, 9.17) is 0 Å². The van der Waals surface area contributed by atoms with Gasteiger partial charge in [-0.3, -0.25) is 0 Å². The maximum atomic E-state index is 4.01. The van der Waals surface area contributed by atoms with Crippen molar-refractivity contribution in [1.29, 1.82) is 0 Å². The summed E-state index contributed by atoms with van der Waals surface area (Å²) in [4.78, 5) is 0. The molecule has 15 heavy (non-hydrogen) atoms. The highest BCUT2D eigenvalue weighted by molar-refractivity contribution is 5.34. The van der Waals surface area contributed by atoms with Crippen molar-refractivity contribution in [2.24, 2.45) is 17.3 Å². The molecule has 3 atom stereocenters. The summed E-state index contributed by atoms with van der Waals surface area (Å²) in [5.74, 6) is 1.71. The van der Waals surface area contributed by atoms with Gasteiger partial charge in [0.25, 0.3) is 0 Å². The second-order valence-corrected chi connectivity index (χ2v) is 5.01. The summed E-state index contributed by atoms with van der Waals surface area (Å²) in [6.07, 6.45) is 6.33. The third kappa shape index (κ3) is 1.79. The standard InChI is InChI=1S/C13H20.C2H6/c1-5-13(4)9(2)8-11-6-7-12(11)10(13)3;1-2/h5,9,11H,1,6-8H2,2-4H3;1-2H3/t9-,11+,13+;/m0./s1. The van der Waals surface area contributed by atoms with E-state index in [0.717, 1.165) is 11.8 Å². The second kappa shape index (κ2) is 4.55. The monoisotopic (exact) mass is 206 g/mol. The van der Waals surface area contributed by atoms with Crippen LogP contribution in [0.1, 0.15) is 53.9 Å². The van der Waals surface area contributed by atoms with Crippen molar-refractivity contribution in [1.82, 2.24) is 0 Å². The van der Waals surface area contributed by atoms with Crippen molar-refractivity contribution in [2.75, 3.05) is 0 Å². The van der Waals surface area contributed by atoms with Crippen molar-refractivity contribution in [3.8, 4) is 0 Å². The summed E-state index contributed by atoms with van der Waals surface area (Å²) in [5, 5.41) is 0. The Labute approximate surface area is 95.5 Å². The van der Waals surface area contributed by atoms with Gasteiger partial charge in [0.2, 0.25) is 0 Å². The summed E-state index contributed by atoms with van der Waals surface area (Å²) in [5.41, 5.74) is 3.66. The van der Waals surface area contributed by atoms with Gasteiger partial charge in [-0.25, -0.2) is 0 Å². The maximum Gasteiger partial charge on any atom is 0.00856 e. The van der Waals surface area contributed by atoms with Crippen LogP contribution in [0.3, 0.4) is 0 Å². The molecule has 2 aliphatic carbocycles. The van der Waals surface area contributed by atoms with Gasteiger partial charge < -0.3 is 0 Å². The average Bonchev–Trinajstić information content (AvgIpc) is 2.23. The zero-order valence-electron chi connectivity index (χ0n) is 11.1. The molecule has 86 valence electrons. The van der Waals surface area contributed by atoms with Crippen LogP contribution < -0.4 is 0 Å². The van der Waals surface area contributed by atoms with Gasteiger partial charge in [-0.1, -0.05) is 44.9 Å². The maximum absolute atomic E-state index is 4.01. The zero-order valence-corrected chi connectivity index (χ0v) is 11.1. The fraction of sp³-hybridized carbons (Fsp3) is 0.733. The molecule has 0 aromatic heterocycles. The Balaban J connectivity index is 0.000000531. The fourth-order valence-corrected chi connectivity index (χ4v) is 2.99. The molecule has 0 radical (unpaired) electrons. The SMILES string of the molecule is C=C[C@@]1(C)C(C)=C2CC[C@@H]2C[C@@H]1C.CC. The van der Waals surface area contributed by atoms with Crippen LogP contribution in [0.2, 0.25) is 0 Å². The molecule has 0 unspecified atom stereocenters. The molecule has 0 heteroatoms. The Bertz CT molecular complexity index is 272. The molecule has 0 aromatic rings. The van der Waals surface area contributed by atoms with Crippen LogP contribution in [0.15, 0.2) is 23.8 Å².